The highest BCUT2D eigenvalue weighted by atomic mass is 32.2. The first kappa shape index (κ1) is 28.0. The zero-order valence-corrected chi connectivity index (χ0v) is 22.4. The van der Waals surface area contributed by atoms with Gasteiger partial charge in [0.05, 0.1) is 11.4 Å². The Morgan fingerprint density at radius 2 is 1.80 bits per heavy atom. The number of aromatic nitrogens is 3. The van der Waals surface area contributed by atoms with Crippen LogP contribution in [0.5, 0.6) is 5.75 Å². The Balaban J connectivity index is 1.12. The average Bonchev–Trinajstić information content (AvgIpc) is 3.55. The molecule has 13 heteroatoms. The fourth-order valence-electron chi connectivity index (χ4n) is 4.82. The lowest BCUT2D eigenvalue weighted by Crippen LogP contribution is -2.41. The van der Waals surface area contributed by atoms with Gasteiger partial charge in [-0.1, -0.05) is 43.2 Å². The van der Waals surface area contributed by atoms with E-state index in [4.69, 9.17) is 0 Å². The fourth-order valence-corrected chi connectivity index (χ4v) is 5.77. The normalized spacial score (nSPS) is 18.4. The Morgan fingerprint density at radius 3 is 2.50 bits per heavy atom. The Kier molecular flexibility index (Phi) is 8.60. The van der Waals surface area contributed by atoms with E-state index >= 15 is 0 Å². The van der Waals surface area contributed by atoms with Crippen LogP contribution in [0.4, 0.5) is 18.9 Å². The van der Waals surface area contributed by atoms with E-state index in [1.807, 2.05) is 24.3 Å². The lowest BCUT2D eigenvalue weighted by molar-refractivity contribution is -0.274. The molecule has 5 rings (SSSR count). The number of aliphatic imine (C=N–C) groups is 1. The number of nitrogens with one attached hydrogen (secondary N) is 1. The summed E-state index contributed by atoms with van der Waals surface area (Å²) >= 11 is 1.37. The Morgan fingerprint density at radius 1 is 1.07 bits per heavy atom. The van der Waals surface area contributed by atoms with Crippen molar-refractivity contribution < 1.29 is 27.8 Å². The molecule has 0 bridgehead atoms. The number of rotatable bonds is 9. The molecule has 212 valence electrons. The Hall–Kier alpha value is -3.58. The van der Waals surface area contributed by atoms with Gasteiger partial charge in [-0.2, -0.15) is 5.10 Å². The third kappa shape index (κ3) is 7.33. The highest BCUT2D eigenvalue weighted by molar-refractivity contribution is 8.15. The number of thioether (sulfide) groups is 1. The summed E-state index contributed by atoms with van der Waals surface area (Å²) in [6, 6.07) is 13.1. The summed E-state index contributed by atoms with van der Waals surface area (Å²) in [5.74, 6) is 0.700. The predicted octanol–water partition coefficient (Wildman–Crippen LogP) is 4.90. The van der Waals surface area contributed by atoms with Crippen molar-refractivity contribution in [3.63, 3.8) is 0 Å². The SMILES string of the molecule is O=C1CS/C(=N\C(O)Nc2ccc(CCc3ncn(-c4ccc(OC(F)(F)F)cc4)n3)cc2)N1C1CCCCC1. The molecule has 1 aliphatic carbocycles. The van der Waals surface area contributed by atoms with E-state index in [0.717, 1.165) is 31.2 Å². The summed E-state index contributed by atoms with van der Waals surface area (Å²) in [7, 11) is 0. The highest BCUT2D eigenvalue weighted by Gasteiger charge is 2.35. The summed E-state index contributed by atoms with van der Waals surface area (Å²) in [6.07, 6.45) is 2.18. The van der Waals surface area contributed by atoms with Crippen LogP contribution < -0.4 is 10.1 Å². The average molecular weight is 575 g/mol. The highest BCUT2D eigenvalue weighted by Crippen LogP contribution is 2.30. The molecule has 0 spiro atoms. The largest absolute Gasteiger partial charge is 0.573 e. The maximum absolute atomic E-state index is 12.4. The summed E-state index contributed by atoms with van der Waals surface area (Å²) in [6.45, 7) is 0. The molecule has 2 heterocycles. The molecule has 40 heavy (non-hydrogen) atoms. The van der Waals surface area contributed by atoms with Crippen LogP contribution in [0.1, 0.15) is 43.5 Å². The minimum Gasteiger partial charge on any atom is -0.406 e. The van der Waals surface area contributed by atoms with Crippen LogP contribution >= 0.6 is 11.8 Å². The van der Waals surface area contributed by atoms with Gasteiger partial charge in [0, 0.05) is 18.2 Å². The molecule has 2 aliphatic rings. The molecule has 2 N–H and O–H groups in total. The van der Waals surface area contributed by atoms with Crippen molar-refractivity contribution in [3.05, 3.63) is 66.2 Å². The molecule has 1 atom stereocenters. The lowest BCUT2D eigenvalue weighted by atomic mass is 9.94. The van der Waals surface area contributed by atoms with E-state index in [1.54, 1.807) is 4.90 Å². The third-order valence-electron chi connectivity index (χ3n) is 6.73. The van der Waals surface area contributed by atoms with E-state index in [-0.39, 0.29) is 17.7 Å². The van der Waals surface area contributed by atoms with Crippen LogP contribution in [0.3, 0.4) is 0 Å². The number of halogens is 3. The van der Waals surface area contributed by atoms with Gasteiger partial charge in [0.1, 0.15) is 12.1 Å². The molecule has 0 radical (unpaired) electrons. The minimum absolute atomic E-state index is 0.0555. The van der Waals surface area contributed by atoms with Gasteiger partial charge in [0.15, 0.2) is 11.0 Å². The Labute approximate surface area is 233 Å². The van der Waals surface area contributed by atoms with E-state index in [0.29, 0.717) is 41.0 Å². The number of amidine groups is 1. The number of nitrogens with zero attached hydrogens (tertiary/aromatic N) is 5. The van der Waals surface area contributed by atoms with Crippen LogP contribution in [0.15, 0.2) is 59.9 Å². The summed E-state index contributed by atoms with van der Waals surface area (Å²) in [5.41, 5.74) is 2.30. The maximum Gasteiger partial charge on any atom is 0.573 e. The van der Waals surface area contributed by atoms with E-state index in [1.165, 1.54) is 53.5 Å². The van der Waals surface area contributed by atoms with Crippen molar-refractivity contribution in [1.82, 2.24) is 19.7 Å². The molecule has 1 amide bonds. The molecular weight excluding hydrogens is 545 g/mol. The standard InChI is InChI=1S/C27H29F3N6O3S/c28-27(29,30)39-22-13-11-20(12-14-22)35-17-31-23(34-35)15-8-18-6-9-19(10-7-18)32-25(38)33-26-36(24(37)16-40-26)21-4-2-1-3-5-21/h6-7,9-14,17,21,25,32,38H,1-5,8,15-16H2/b33-26-. The van der Waals surface area contributed by atoms with Crippen LogP contribution in [0.2, 0.25) is 0 Å². The number of hydrogen-bond acceptors (Lipinski definition) is 8. The van der Waals surface area contributed by atoms with Crippen molar-refractivity contribution in [2.24, 2.45) is 4.99 Å². The van der Waals surface area contributed by atoms with Crippen molar-refractivity contribution in [2.75, 3.05) is 11.1 Å². The first-order chi connectivity index (χ1) is 19.2. The second-order valence-corrected chi connectivity index (χ2v) is 10.6. The quantitative estimate of drug-likeness (QED) is 0.350. The number of ether oxygens (including phenoxy) is 1. The first-order valence-electron chi connectivity index (χ1n) is 13.1. The van der Waals surface area contributed by atoms with Crippen molar-refractivity contribution >= 4 is 28.5 Å². The number of aryl methyl sites for hydroxylation is 2. The van der Waals surface area contributed by atoms with Gasteiger partial charge in [-0.3, -0.25) is 9.69 Å². The summed E-state index contributed by atoms with van der Waals surface area (Å²) in [5, 5.41) is 18.5. The van der Waals surface area contributed by atoms with Crippen LogP contribution in [0, 0.1) is 0 Å². The van der Waals surface area contributed by atoms with Gasteiger partial charge in [-0.05, 0) is 61.2 Å². The van der Waals surface area contributed by atoms with E-state index in [9.17, 15) is 23.1 Å². The molecule has 1 aromatic heterocycles. The number of amides is 1. The number of anilines is 1. The van der Waals surface area contributed by atoms with Gasteiger partial charge in [0.25, 0.3) is 0 Å². The first-order valence-corrected chi connectivity index (χ1v) is 14.0. The van der Waals surface area contributed by atoms with Gasteiger partial charge in [-0.15, -0.1) is 13.2 Å². The molecule has 1 aliphatic heterocycles. The van der Waals surface area contributed by atoms with Crippen LogP contribution in [0.25, 0.3) is 5.69 Å². The number of alkyl halides is 3. The van der Waals surface area contributed by atoms with Gasteiger partial charge < -0.3 is 15.2 Å². The smallest absolute Gasteiger partial charge is 0.406 e. The van der Waals surface area contributed by atoms with Crippen molar-refractivity contribution in [3.8, 4) is 11.4 Å². The minimum atomic E-state index is -4.74. The van der Waals surface area contributed by atoms with E-state index < -0.39 is 12.7 Å². The van der Waals surface area contributed by atoms with E-state index in [2.05, 4.69) is 25.1 Å². The summed E-state index contributed by atoms with van der Waals surface area (Å²) in [4.78, 5) is 22.9. The number of hydrogen-bond donors (Lipinski definition) is 2. The molecule has 3 aromatic rings. The van der Waals surface area contributed by atoms with Crippen LogP contribution in [-0.4, -0.2) is 60.4 Å². The number of benzene rings is 2. The molecule has 2 fully saturated rings. The zero-order chi connectivity index (χ0) is 28.1. The monoisotopic (exact) mass is 574 g/mol. The number of carbonyl (C=O) groups excluding carboxylic acids is 1. The molecule has 1 saturated heterocycles. The van der Waals surface area contributed by atoms with Gasteiger partial charge >= 0.3 is 6.36 Å². The number of aliphatic hydroxyl groups excluding tert-OH is 1. The predicted molar refractivity (Wildman–Crippen MR) is 145 cm³/mol. The van der Waals surface area contributed by atoms with Crippen molar-refractivity contribution in [1.29, 1.82) is 0 Å². The fraction of sp³-hybridized carbons (Fsp3) is 0.407. The number of aliphatic hydroxyl groups is 1. The summed E-state index contributed by atoms with van der Waals surface area (Å²) < 4.78 is 42.4. The third-order valence-corrected chi connectivity index (χ3v) is 7.68. The second-order valence-electron chi connectivity index (χ2n) is 9.62. The second kappa shape index (κ2) is 12.3. The maximum atomic E-state index is 12.4. The molecule has 1 saturated carbocycles. The van der Waals surface area contributed by atoms with Gasteiger partial charge in [-0.25, -0.2) is 14.7 Å². The molecule has 2 aromatic carbocycles. The molecule has 9 nitrogen and oxygen atoms in total. The van der Waals surface area contributed by atoms with Crippen LogP contribution in [-0.2, 0) is 17.6 Å². The van der Waals surface area contributed by atoms with Gasteiger partial charge in [0.2, 0.25) is 12.3 Å². The Bertz CT molecular complexity index is 1320. The topological polar surface area (TPSA) is 105 Å². The lowest BCUT2D eigenvalue weighted by Gasteiger charge is -2.30. The number of carbonyl (C=O) groups is 1. The van der Waals surface area contributed by atoms with Crippen molar-refractivity contribution in [2.45, 2.75) is 63.7 Å². The molecular formula is C27H29F3N6O3S. The molecule has 1 unspecified atom stereocenters. The zero-order valence-electron chi connectivity index (χ0n) is 21.5.